The molecule has 116 valence electrons. The van der Waals surface area contributed by atoms with E-state index in [0.717, 1.165) is 16.5 Å². The van der Waals surface area contributed by atoms with Crippen LogP contribution in [0.1, 0.15) is 16.5 Å². The number of carbonyl (C=O) groups is 2. The Hall–Kier alpha value is -2.25. The molecule has 1 aromatic heterocycles. The highest BCUT2D eigenvalue weighted by Gasteiger charge is 2.17. The van der Waals surface area contributed by atoms with Gasteiger partial charge in [-0.05, 0) is 42.1 Å². The largest absolute Gasteiger partial charge is 0.386 e. The number of rotatable bonds is 4. The number of aryl methyl sites for hydroxylation is 1. The second-order valence-electron chi connectivity index (χ2n) is 4.66. The summed E-state index contributed by atoms with van der Waals surface area (Å²) in [4.78, 5) is 24.1. The number of carbonyl (C=O) groups excluding carboxylic acids is 2. The number of anilines is 1. The maximum Gasteiger partial charge on any atom is 0.313 e. The third kappa shape index (κ3) is 4.12. The highest BCUT2D eigenvalue weighted by Crippen LogP contribution is 2.23. The van der Waals surface area contributed by atoms with Gasteiger partial charge in [-0.15, -0.1) is 11.3 Å². The van der Waals surface area contributed by atoms with Crippen LogP contribution in [0.25, 0.3) is 0 Å². The maximum absolute atomic E-state index is 13.0. The van der Waals surface area contributed by atoms with E-state index in [0.29, 0.717) is 0 Å². The lowest BCUT2D eigenvalue weighted by molar-refractivity contribution is -0.136. The SMILES string of the molecule is Cc1ccsc1C(O)CNC(=O)C(=O)Nc1cccc(F)c1. The molecule has 2 rings (SSSR count). The summed E-state index contributed by atoms with van der Waals surface area (Å²) in [6, 6.07) is 7.09. The molecule has 1 atom stereocenters. The van der Waals surface area contributed by atoms with Crippen molar-refractivity contribution >= 4 is 28.8 Å². The zero-order chi connectivity index (χ0) is 16.1. The van der Waals surface area contributed by atoms with E-state index >= 15 is 0 Å². The lowest BCUT2D eigenvalue weighted by atomic mass is 10.2. The Morgan fingerprint density at radius 2 is 2.09 bits per heavy atom. The molecule has 1 heterocycles. The lowest BCUT2D eigenvalue weighted by Crippen LogP contribution is -2.37. The standard InChI is InChI=1S/C15H15FN2O3S/c1-9-5-6-22-13(9)12(19)8-17-14(20)15(21)18-11-4-2-3-10(16)7-11/h2-7,12,19H,8H2,1H3,(H,17,20)(H,18,21). The first-order chi connectivity index (χ1) is 10.5. The van der Waals surface area contributed by atoms with Crippen molar-refractivity contribution in [1.29, 1.82) is 0 Å². The Morgan fingerprint density at radius 1 is 1.32 bits per heavy atom. The van der Waals surface area contributed by atoms with Gasteiger partial charge in [0.2, 0.25) is 0 Å². The fourth-order valence-electron chi connectivity index (χ4n) is 1.84. The maximum atomic E-state index is 13.0. The molecule has 0 aliphatic rings. The second-order valence-corrected chi connectivity index (χ2v) is 5.61. The van der Waals surface area contributed by atoms with Crippen molar-refractivity contribution in [2.45, 2.75) is 13.0 Å². The van der Waals surface area contributed by atoms with Crippen molar-refractivity contribution in [3.63, 3.8) is 0 Å². The summed E-state index contributed by atoms with van der Waals surface area (Å²) in [6.45, 7) is 1.78. The van der Waals surface area contributed by atoms with Crippen molar-refractivity contribution in [2.24, 2.45) is 0 Å². The zero-order valence-electron chi connectivity index (χ0n) is 11.8. The van der Waals surface area contributed by atoms with E-state index in [4.69, 9.17) is 0 Å². The summed E-state index contributed by atoms with van der Waals surface area (Å²) in [5.41, 5.74) is 1.12. The van der Waals surface area contributed by atoms with Gasteiger partial charge in [0, 0.05) is 17.1 Å². The Bertz CT molecular complexity index is 687. The minimum atomic E-state index is -0.916. The summed E-state index contributed by atoms with van der Waals surface area (Å²) >= 11 is 1.38. The number of aliphatic hydroxyl groups is 1. The van der Waals surface area contributed by atoms with Crippen LogP contribution < -0.4 is 10.6 Å². The quantitative estimate of drug-likeness (QED) is 0.753. The molecule has 2 aromatic rings. The first-order valence-electron chi connectivity index (χ1n) is 6.54. The van der Waals surface area contributed by atoms with Crippen LogP contribution in [0.3, 0.4) is 0 Å². The zero-order valence-corrected chi connectivity index (χ0v) is 12.6. The molecule has 0 fully saturated rings. The molecule has 22 heavy (non-hydrogen) atoms. The summed E-state index contributed by atoms with van der Waals surface area (Å²) in [5.74, 6) is -2.32. The van der Waals surface area contributed by atoms with E-state index in [1.54, 1.807) is 0 Å². The van der Waals surface area contributed by atoms with Gasteiger partial charge in [-0.3, -0.25) is 9.59 Å². The van der Waals surface area contributed by atoms with Crippen molar-refractivity contribution in [3.8, 4) is 0 Å². The number of aliphatic hydroxyl groups excluding tert-OH is 1. The van der Waals surface area contributed by atoms with E-state index in [1.165, 1.54) is 29.5 Å². The molecular weight excluding hydrogens is 307 g/mol. The molecular formula is C15H15FN2O3S. The molecule has 3 N–H and O–H groups in total. The molecule has 0 spiro atoms. The van der Waals surface area contributed by atoms with E-state index in [9.17, 15) is 19.1 Å². The van der Waals surface area contributed by atoms with Gasteiger partial charge in [0.15, 0.2) is 0 Å². The lowest BCUT2D eigenvalue weighted by Gasteiger charge is -2.11. The van der Waals surface area contributed by atoms with Gasteiger partial charge in [0.1, 0.15) is 11.9 Å². The third-order valence-electron chi connectivity index (χ3n) is 2.95. The molecule has 1 aromatic carbocycles. The minimum Gasteiger partial charge on any atom is -0.386 e. The predicted molar refractivity (Wildman–Crippen MR) is 82.1 cm³/mol. The van der Waals surface area contributed by atoms with Crippen molar-refractivity contribution < 1.29 is 19.1 Å². The average Bonchev–Trinajstić information content (AvgIpc) is 2.90. The van der Waals surface area contributed by atoms with Gasteiger partial charge < -0.3 is 15.7 Å². The Kier molecular flexibility index (Phi) is 5.24. The van der Waals surface area contributed by atoms with Crippen LogP contribution in [0.15, 0.2) is 35.7 Å². The monoisotopic (exact) mass is 322 g/mol. The summed E-state index contributed by atoms with van der Waals surface area (Å²) in [6.07, 6.45) is -0.870. The van der Waals surface area contributed by atoms with Crippen LogP contribution in [-0.4, -0.2) is 23.5 Å². The molecule has 0 saturated heterocycles. The highest BCUT2D eigenvalue weighted by atomic mass is 32.1. The molecule has 2 amide bonds. The number of amides is 2. The second kappa shape index (κ2) is 7.15. The van der Waals surface area contributed by atoms with Gasteiger partial charge in [0.25, 0.3) is 0 Å². The first-order valence-corrected chi connectivity index (χ1v) is 7.42. The van der Waals surface area contributed by atoms with Gasteiger partial charge >= 0.3 is 11.8 Å². The summed E-state index contributed by atoms with van der Waals surface area (Å²) < 4.78 is 13.0. The van der Waals surface area contributed by atoms with E-state index in [1.807, 2.05) is 18.4 Å². The molecule has 0 saturated carbocycles. The smallest absolute Gasteiger partial charge is 0.313 e. The van der Waals surface area contributed by atoms with Gasteiger partial charge in [-0.25, -0.2) is 4.39 Å². The Labute approximate surface area is 130 Å². The number of halogens is 1. The minimum absolute atomic E-state index is 0.0727. The Balaban J connectivity index is 1.87. The fourth-order valence-corrected chi connectivity index (χ4v) is 2.76. The van der Waals surface area contributed by atoms with E-state index < -0.39 is 23.7 Å². The van der Waals surface area contributed by atoms with Crippen LogP contribution in [-0.2, 0) is 9.59 Å². The van der Waals surface area contributed by atoms with Crippen LogP contribution in [0.2, 0.25) is 0 Å². The molecule has 0 bridgehead atoms. The molecule has 0 radical (unpaired) electrons. The highest BCUT2D eigenvalue weighted by molar-refractivity contribution is 7.10. The molecule has 1 unspecified atom stereocenters. The number of hydrogen-bond donors (Lipinski definition) is 3. The number of nitrogens with one attached hydrogen (secondary N) is 2. The topological polar surface area (TPSA) is 78.4 Å². The predicted octanol–water partition coefficient (Wildman–Crippen LogP) is 1.98. The van der Waals surface area contributed by atoms with E-state index in [2.05, 4.69) is 10.6 Å². The normalized spacial score (nSPS) is 11.8. The third-order valence-corrected chi connectivity index (χ3v) is 4.07. The van der Waals surface area contributed by atoms with Gasteiger partial charge in [-0.1, -0.05) is 6.07 Å². The molecule has 5 nitrogen and oxygen atoms in total. The molecule has 0 aliphatic carbocycles. The van der Waals surface area contributed by atoms with E-state index in [-0.39, 0.29) is 12.2 Å². The van der Waals surface area contributed by atoms with Gasteiger partial charge in [0.05, 0.1) is 0 Å². The van der Waals surface area contributed by atoms with Crippen molar-refractivity contribution in [1.82, 2.24) is 5.32 Å². The Morgan fingerprint density at radius 3 is 2.73 bits per heavy atom. The number of thiophene rings is 1. The van der Waals surface area contributed by atoms with Crippen molar-refractivity contribution in [3.05, 3.63) is 52.0 Å². The molecule has 7 heteroatoms. The summed E-state index contributed by atoms with van der Waals surface area (Å²) in [5, 5.41) is 16.4. The average molecular weight is 322 g/mol. The molecule has 0 aliphatic heterocycles. The fraction of sp³-hybridized carbons (Fsp3) is 0.200. The van der Waals surface area contributed by atoms with Crippen LogP contribution in [0.4, 0.5) is 10.1 Å². The van der Waals surface area contributed by atoms with Gasteiger partial charge in [-0.2, -0.15) is 0 Å². The number of hydrogen-bond acceptors (Lipinski definition) is 4. The van der Waals surface area contributed by atoms with Crippen LogP contribution in [0.5, 0.6) is 0 Å². The van der Waals surface area contributed by atoms with Crippen molar-refractivity contribution in [2.75, 3.05) is 11.9 Å². The summed E-state index contributed by atoms with van der Waals surface area (Å²) in [7, 11) is 0. The van der Waals surface area contributed by atoms with Crippen LogP contribution >= 0.6 is 11.3 Å². The number of benzene rings is 1. The first kappa shape index (κ1) is 16.1. The van der Waals surface area contributed by atoms with Crippen LogP contribution in [0, 0.1) is 12.7 Å².